The molecule has 0 aliphatic carbocycles. The van der Waals surface area contributed by atoms with Gasteiger partial charge in [-0.25, -0.2) is 0 Å². The molecule has 0 aliphatic heterocycles. The number of aromatic nitrogens is 1. The summed E-state index contributed by atoms with van der Waals surface area (Å²) in [6.45, 7) is 2.60. The number of pyridine rings is 1. The molecule has 1 aromatic heterocycles. The van der Waals surface area contributed by atoms with E-state index in [9.17, 15) is 19.7 Å². The molecule has 7 nitrogen and oxygen atoms in total. The number of hydrogen-bond donors (Lipinski definition) is 1. The standard InChI is InChI=1S/C27H25N3O4/c1-2-19-11-13-21(14-12-19)18-29-24-9-6-10-25(30(33)34)22(24)17-23(27(29)32)26(31)28-16-15-20-7-4-3-5-8-20/h3-14,17H,2,15-16,18H2,1H3,(H,28,31). The third-order valence-corrected chi connectivity index (χ3v) is 5.87. The highest BCUT2D eigenvalue weighted by atomic mass is 16.6. The lowest BCUT2D eigenvalue weighted by molar-refractivity contribution is -0.383. The van der Waals surface area contributed by atoms with Gasteiger partial charge in [-0.05, 0) is 41.7 Å². The Morgan fingerprint density at radius 1 is 0.941 bits per heavy atom. The van der Waals surface area contributed by atoms with Crippen molar-refractivity contribution in [2.24, 2.45) is 0 Å². The fraction of sp³-hybridized carbons (Fsp3) is 0.185. The number of benzene rings is 3. The van der Waals surface area contributed by atoms with Gasteiger partial charge in [0, 0.05) is 12.6 Å². The highest BCUT2D eigenvalue weighted by Gasteiger charge is 2.21. The first-order valence-electron chi connectivity index (χ1n) is 11.2. The number of amides is 1. The van der Waals surface area contributed by atoms with Crippen LogP contribution >= 0.6 is 0 Å². The van der Waals surface area contributed by atoms with Crippen molar-refractivity contribution in [3.05, 3.63) is 122 Å². The Labute approximate surface area is 196 Å². The predicted molar refractivity (Wildman–Crippen MR) is 132 cm³/mol. The van der Waals surface area contributed by atoms with Gasteiger partial charge >= 0.3 is 0 Å². The zero-order valence-corrected chi connectivity index (χ0v) is 18.9. The van der Waals surface area contributed by atoms with E-state index in [0.717, 1.165) is 17.5 Å². The van der Waals surface area contributed by atoms with Crippen LogP contribution in [0.3, 0.4) is 0 Å². The Balaban J connectivity index is 1.72. The minimum atomic E-state index is -0.545. The summed E-state index contributed by atoms with van der Waals surface area (Å²) in [6, 6.07) is 23.5. The second-order valence-electron chi connectivity index (χ2n) is 8.08. The number of non-ortho nitro benzene ring substituents is 1. The molecule has 4 rings (SSSR count). The Hall–Kier alpha value is -4.26. The summed E-state index contributed by atoms with van der Waals surface area (Å²) in [5.41, 5.74) is 2.78. The lowest BCUT2D eigenvalue weighted by Crippen LogP contribution is -2.34. The van der Waals surface area contributed by atoms with Gasteiger partial charge in [0.25, 0.3) is 17.2 Å². The maximum Gasteiger partial charge on any atom is 0.278 e. The van der Waals surface area contributed by atoms with Gasteiger partial charge in [-0.1, -0.05) is 67.6 Å². The molecule has 0 unspecified atom stereocenters. The molecule has 7 heteroatoms. The summed E-state index contributed by atoms with van der Waals surface area (Å²) in [7, 11) is 0. The smallest absolute Gasteiger partial charge is 0.278 e. The first-order valence-corrected chi connectivity index (χ1v) is 11.2. The quantitative estimate of drug-likeness (QED) is 0.313. The summed E-state index contributed by atoms with van der Waals surface area (Å²) in [4.78, 5) is 37.5. The number of nitrogens with zero attached hydrogens (tertiary/aromatic N) is 2. The maximum absolute atomic E-state index is 13.4. The van der Waals surface area contributed by atoms with Crippen molar-refractivity contribution in [1.82, 2.24) is 9.88 Å². The number of nitrogens with one attached hydrogen (secondary N) is 1. The molecule has 3 aromatic carbocycles. The van der Waals surface area contributed by atoms with E-state index in [4.69, 9.17) is 0 Å². The highest BCUT2D eigenvalue weighted by Crippen LogP contribution is 2.26. The van der Waals surface area contributed by atoms with Crippen LogP contribution < -0.4 is 10.9 Å². The van der Waals surface area contributed by atoms with Crippen molar-refractivity contribution < 1.29 is 9.72 Å². The molecule has 0 radical (unpaired) electrons. The molecule has 172 valence electrons. The Kier molecular flexibility index (Phi) is 6.82. The molecule has 0 atom stereocenters. The number of fused-ring (bicyclic) bond motifs is 1. The normalized spacial score (nSPS) is 10.9. The molecular formula is C27H25N3O4. The molecule has 4 aromatic rings. The molecular weight excluding hydrogens is 430 g/mol. The van der Waals surface area contributed by atoms with Crippen molar-refractivity contribution in [3.63, 3.8) is 0 Å². The van der Waals surface area contributed by atoms with Crippen LogP contribution in [0.4, 0.5) is 5.69 Å². The number of hydrogen-bond acceptors (Lipinski definition) is 4. The SMILES string of the molecule is CCc1ccc(Cn2c(=O)c(C(=O)NCCc3ccccc3)cc3c([N+](=O)[O-])cccc32)cc1. The van der Waals surface area contributed by atoms with Crippen LogP contribution in [0.5, 0.6) is 0 Å². The van der Waals surface area contributed by atoms with Crippen LogP contribution in [0.25, 0.3) is 10.9 Å². The molecule has 0 saturated heterocycles. The lowest BCUT2D eigenvalue weighted by atomic mass is 10.1. The topological polar surface area (TPSA) is 94.2 Å². The van der Waals surface area contributed by atoms with E-state index in [1.54, 1.807) is 12.1 Å². The zero-order chi connectivity index (χ0) is 24.1. The molecule has 0 aliphatic rings. The largest absolute Gasteiger partial charge is 0.352 e. The van der Waals surface area contributed by atoms with E-state index in [1.165, 1.54) is 22.3 Å². The summed E-state index contributed by atoms with van der Waals surface area (Å²) < 4.78 is 1.44. The van der Waals surface area contributed by atoms with Crippen molar-refractivity contribution in [2.75, 3.05) is 6.54 Å². The van der Waals surface area contributed by atoms with Gasteiger partial charge in [-0.3, -0.25) is 19.7 Å². The fourth-order valence-electron chi connectivity index (χ4n) is 3.99. The van der Waals surface area contributed by atoms with E-state index in [-0.39, 0.29) is 23.2 Å². The monoisotopic (exact) mass is 455 g/mol. The molecule has 0 spiro atoms. The number of aryl methyl sites for hydroxylation is 1. The third kappa shape index (κ3) is 4.88. The van der Waals surface area contributed by atoms with Crippen molar-refractivity contribution in [1.29, 1.82) is 0 Å². The average molecular weight is 456 g/mol. The van der Waals surface area contributed by atoms with E-state index in [2.05, 4.69) is 12.2 Å². The first kappa shape index (κ1) is 22.9. The van der Waals surface area contributed by atoms with Crippen LogP contribution in [0, 0.1) is 10.1 Å². The lowest BCUT2D eigenvalue weighted by Gasteiger charge is -2.14. The van der Waals surface area contributed by atoms with Crippen LogP contribution in [-0.2, 0) is 19.4 Å². The zero-order valence-electron chi connectivity index (χ0n) is 18.9. The Morgan fingerprint density at radius 3 is 2.32 bits per heavy atom. The summed E-state index contributed by atoms with van der Waals surface area (Å²) in [5.74, 6) is -0.545. The number of carbonyl (C=O) groups excluding carboxylic acids is 1. The van der Waals surface area contributed by atoms with Crippen molar-refractivity contribution >= 4 is 22.5 Å². The second kappa shape index (κ2) is 10.1. The van der Waals surface area contributed by atoms with E-state index < -0.39 is 16.4 Å². The number of nitro groups is 1. The molecule has 1 N–H and O–H groups in total. The molecule has 1 amide bonds. The minimum absolute atomic E-state index is 0.111. The van der Waals surface area contributed by atoms with E-state index >= 15 is 0 Å². The number of rotatable bonds is 8. The van der Waals surface area contributed by atoms with Crippen molar-refractivity contribution in [3.8, 4) is 0 Å². The van der Waals surface area contributed by atoms with Gasteiger partial charge in [0.2, 0.25) is 0 Å². The van der Waals surface area contributed by atoms with Crippen LogP contribution in [-0.4, -0.2) is 21.9 Å². The molecule has 34 heavy (non-hydrogen) atoms. The second-order valence-corrected chi connectivity index (χ2v) is 8.08. The van der Waals surface area contributed by atoms with Gasteiger partial charge in [0.1, 0.15) is 5.56 Å². The molecule has 0 bridgehead atoms. The molecule has 0 saturated carbocycles. The van der Waals surface area contributed by atoms with Crippen LogP contribution in [0.2, 0.25) is 0 Å². The van der Waals surface area contributed by atoms with E-state index in [1.807, 2.05) is 54.6 Å². The van der Waals surface area contributed by atoms with Gasteiger partial charge in [-0.15, -0.1) is 0 Å². The summed E-state index contributed by atoms with van der Waals surface area (Å²) in [6.07, 6.45) is 1.51. The van der Waals surface area contributed by atoms with Gasteiger partial charge in [0.15, 0.2) is 0 Å². The molecule has 0 fully saturated rings. The maximum atomic E-state index is 13.4. The molecule has 1 heterocycles. The fourth-order valence-corrected chi connectivity index (χ4v) is 3.99. The average Bonchev–Trinajstić information content (AvgIpc) is 2.86. The first-order chi connectivity index (χ1) is 16.5. The van der Waals surface area contributed by atoms with Gasteiger partial charge in [0.05, 0.1) is 22.4 Å². The Bertz CT molecular complexity index is 1390. The van der Waals surface area contributed by atoms with Crippen LogP contribution in [0.1, 0.15) is 34.0 Å². The summed E-state index contributed by atoms with van der Waals surface area (Å²) >= 11 is 0. The van der Waals surface area contributed by atoms with Gasteiger partial charge < -0.3 is 9.88 Å². The van der Waals surface area contributed by atoms with Crippen molar-refractivity contribution in [2.45, 2.75) is 26.3 Å². The van der Waals surface area contributed by atoms with Gasteiger partial charge in [-0.2, -0.15) is 0 Å². The third-order valence-electron chi connectivity index (χ3n) is 5.87. The highest BCUT2D eigenvalue weighted by molar-refractivity contribution is 5.99. The minimum Gasteiger partial charge on any atom is -0.352 e. The number of carbonyl (C=O) groups is 1. The Morgan fingerprint density at radius 2 is 1.65 bits per heavy atom. The predicted octanol–water partition coefficient (Wildman–Crippen LogP) is 4.49. The number of nitro benzene ring substituents is 1. The van der Waals surface area contributed by atoms with E-state index in [0.29, 0.717) is 18.5 Å². The summed E-state index contributed by atoms with van der Waals surface area (Å²) in [5, 5.41) is 14.7. The van der Waals surface area contributed by atoms with Crippen LogP contribution in [0.15, 0.2) is 83.7 Å².